The van der Waals surface area contributed by atoms with Crippen molar-refractivity contribution in [2.45, 2.75) is 6.92 Å². The van der Waals surface area contributed by atoms with Crippen molar-refractivity contribution in [3.8, 4) is 0 Å². The van der Waals surface area contributed by atoms with Crippen LogP contribution in [-0.2, 0) is 4.74 Å². The second kappa shape index (κ2) is 4.19. The van der Waals surface area contributed by atoms with Crippen LogP contribution in [0.25, 0.3) is 0 Å². The number of nitrogens with two attached hydrogens (primary N) is 1. The average molecular weight is 209 g/mol. The van der Waals surface area contributed by atoms with Crippen molar-refractivity contribution in [1.82, 2.24) is 0 Å². The van der Waals surface area contributed by atoms with E-state index in [1.54, 1.807) is 18.2 Å². The molecule has 0 radical (unpaired) electrons. The van der Waals surface area contributed by atoms with Gasteiger partial charge in [0.25, 0.3) is 0 Å². The van der Waals surface area contributed by atoms with E-state index < -0.39 is 0 Å². The summed E-state index contributed by atoms with van der Waals surface area (Å²) in [7, 11) is 1.34. The van der Waals surface area contributed by atoms with E-state index in [-0.39, 0.29) is 11.0 Å². The summed E-state index contributed by atoms with van der Waals surface area (Å²) in [5.41, 5.74) is 7.47. The molecule has 1 aromatic carbocycles. The first-order chi connectivity index (χ1) is 6.56. The molecular formula is C10H11NO2S. The molecule has 0 saturated carbocycles. The van der Waals surface area contributed by atoms with Gasteiger partial charge in [-0.3, -0.25) is 0 Å². The maximum atomic E-state index is 11.3. The third-order valence-corrected chi connectivity index (χ3v) is 2.16. The van der Waals surface area contributed by atoms with E-state index in [1.165, 1.54) is 7.11 Å². The number of carbonyl (C=O) groups is 1. The van der Waals surface area contributed by atoms with Gasteiger partial charge in [0, 0.05) is 5.56 Å². The maximum Gasteiger partial charge on any atom is 0.338 e. The average Bonchev–Trinajstić information content (AvgIpc) is 2.17. The first-order valence-corrected chi connectivity index (χ1v) is 4.46. The summed E-state index contributed by atoms with van der Waals surface area (Å²) < 4.78 is 4.63. The monoisotopic (exact) mass is 209 g/mol. The van der Waals surface area contributed by atoms with Crippen LogP contribution in [0, 0.1) is 6.92 Å². The predicted molar refractivity (Wildman–Crippen MR) is 58.4 cm³/mol. The van der Waals surface area contributed by atoms with Gasteiger partial charge in [0.1, 0.15) is 4.99 Å². The lowest BCUT2D eigenvalue weighted by atomic mass is 10.1. The number of esters is 1. The van der Waals surface area contributed by atoms with Crippen molar-refractivity contribution < 1.29 is 9.53 Å². The van der Waals surface area contributed by atoms with Crippen LogP contribution < -0.4 is 5.73 Å². The van der Waals surface area contributed by atoms with Gasteiger partial charge < -0.3 is 10.5 Å². The Balaban J connectivity index is 3.21. The molecular weight excluding hydrogens is 198 g/mol. The van der Waals surface area contributed by atoms with Crippen molar-refractivity contribution in [3.63, 3.8) is 0 Å². The summed E-state index contributed by atoms with van der Waals surface area (Å²) >= 11 is 4.81. The Hall–Kier alpha value is -1.42. The molecule has 0 bridgehead atoms. The van der Waals surface area contributed by atoms with E-state index >= 15 is 0 Å². The smallest absolute Gasteiger partial charge is 0.338 e. The van der Waals surface area contributed by atoms with Crippen molar-refractivity contribution in [3.05, 3.63) is 34.9 Å². The standard InChI is InChI=1S/C10H11NO2S/c1-6-3-4-7(9(11)14)5-8(6)10(12)13-2/h3-5H,1-2H3,(H2,11,14). The van der Waals surface area contributed by atoms with Gasteiger partial charge in [-0.1, -0.05) is 24.4 Å². The number of hydrogen-bond acceptors (Lipinski definition) is 3. The Bertz CT molecular complexity index is 388. The number of carbonyl (C=O) groups excluding carboxylic acids is 1. The lowest BCUT2D eigenvalue weighted by Crippen LogP contribution is -2.12. The SMILES string of the molecule is COC(=O)c1cc(C(N)=S)ccc1C. The fourth-order valence-electron chi connectivity index (χ4n) is 1.11. The number of ether oxygens (including phenoxy) is 1. The molecule has 2 N–H and O–H groups in total. The van der Waals surface area contributed by atoms with Gasteiger partial charge in [-0.15, -0.1) is 0 Å². The molecule has 0 heterocycles. The van der Waals surface area contributed by atoms with Crippen LogP contribution in [0.3, 0.4) is 0 Å². The zero-order valence-electron chi connectivity index (χ0n) is 8.03. The molecule has 4 heteroatoms. The molecule has 74 valence electrons. The minimum atomic E-state index is -0.374. The Morgan fingerprint density at radius 1 is 1.50 bits per heavy atom. The molecule has 0 spiro atoms. The molecule has 0 aromatic heterocycles. The highest BCUT2D eigenvalue weighted by Crippen LogP contribution is 2.12. The Morgan fingerprint density at radius 3 is 2.64 bits per heavy atom. The van der Waals surface area contributed by atoms with Gasteiger partial charge in [-0.2, -0.15) is 0 Å². The van der Waals surface area contributed by atoms with E-state index in [4.69, 9.17) is 18.0 Å². The Labute approximate surface area is 87.9 Å². The number of thiocarbonyl (C=S) groups is 1. The van der Waals surface area contributed by atoms with Crippen molar-refractivity contribution in [1.29, 1.82) is 0 Å². The molecule has 0 aliphatic heterocycles. The van der Waals surface area contributed by atoms with Crippen LogP contribution in [0.1, 0.15) is 21.5 Å². The largest absolute Gasteiger partial charge is 0.465 e. The molecule has 3 nitrogen and oxygen atoms in total. The molecule has 0 unspecified atom stereocenters. The molecule has 0 atom stereocenters. The summed E-state index contributed by atoms with van der Waals surface area (Å²) in [6.45, 7) is 1.83. The predicted octanol–water partition coefficient (Wildman–Crippen LogP) is 1.42. The highest BCUT2D eigenvalue weighted by atomic mass is 32.1. The van der Waals surface area contributed by atoms with Crippen LogP contribution in [0.15, 0.2) is 18.2 Å². The van der Waals surface area contributed by atoms with Crippen LogP contribution >= 0.6 is 12.2 Å². The minimum absolute atomic E-state index is 0.273. The second-order valence-electron chi connectivity index (χ2n) is 2.89. The second-order valence-corrected chi connectivity index (χ2v) is 3.33. The van der Waals surface area contributed by atoms with Gasteiger partial charge in [-0.05, 0) is 18.6 Å². The number of hydrogen-bond donors (Lipinski definition) is 1. The first-order valence-electron chi connectivity index (χ1n) is 4.05. The number of rotatable bonds is 2. The Kier molecular flexibility index (Phi) is 3.19. The summed E-state index contributed by atoms with van der Waals surface area (Å²) in [6.07, 6.45) is 0. The zero-order valence-corrected chi connectivity index (χ0v) is 8.85. The van der Waals surface area contributed by atoms with Gasteiger partial charge in [0.15, 0.2) is 0 Å². The normalized spacial score (nSPS) is 9.57. The first kappa shape index (κ1) is 10.7. The summed E-state index contributed by atoms with van der Waals surface area (Å²) in [5, 5.41) is 0. The summed E-state index contributed by atoms with van der Waals surface area (Å²) in [6, 6.07) is 5.22. The molecule has 14 heavy (non-hydrogen) atoms. The van der Waals surface area contributed by atoms with Crippen LogP contribution in [0.4, 0.5) is 0 Å². The van der Waals surface area contributed by atoms with Gasteiger partial charge in [-0.25, -0.2) is 4.79 Å². The van der Waals surface area contributed by atoms with Crippen molar-refractivity contribution in [2.24, 2.45) is 5.73 Å². The summed E-state index contributed by atoms with van der Waals surface area (Å²) in [4.78, 5) is 11.6. The van der Waals surface area contributed by atoms with Crippen LogP contribution in [-0.4, -0.2) is 18.1 Å². The van der Waals surface area contributed by atoms with E-state index in [2.05, 4.69) is 4.74 Å². The lowest BCUT2D eigenvalue weighted by molar-refractivity contribution is 0.0600. The molecule has 1 aromatic rings. The molecule has 1 rings (SSSR count). The third-order valence-electron chi connectivity index (χ3n) is 1.93. The molecule has 0 saturated heterocycles. The zero-order chi connectivity index (χ0) is 10.7. The molecule has 0 aliphatic carbocycles. The van der Waals surface area contributed by atoms with Crippen molar-refractivity contribution >= 4 is 23.2 Å². The lowest BCUT2D eigenvalue weighted by Gasteiger charge is -2.05. The third kappa shape index (κ3) is 2.09. The molecule has 0 aliphatic rings. The molecule has 0 fully saturated rings. The number of benzene rings is 1. The maximum absolute atomic E-state index is 11.3. The topological polar surface area (TPSA) is 52.3 Å². The van der Waals surface area contributed by atoms with Crippen LogP contribution in [0.5, 0.6) is 0 Å². The Morgan fingerprint density at radius 2 is 2.14 bits per heavy atom. The van der Waals surface area contributed by atoms with Gasteiger partial charge in [0.2, 0.25) is 0 Å². The summed E-state index contributed by atoms with van der Waals surface area (Å²) in [5.74, 6) is -0.374. The quantitative estimate of drug-likeness (QED) is 0.591. The van der Waals surface area contributed by atoms with E-state index in [0.29, 0.717) is 11.1 Å². The highest BCUT2D eigenvalue weighted by Gasteiger charge is 2.10. The van der Waals surface area contributed by atoms with E-state index in [0.717, 1.165) is 5.56 Å². The van der Waals surface area contributed by atoms with Gasteiger partial charge >= 0.3 is 5.97 Å². The highest BCUT2D eigenvalue weighted by molar-refractivity contribution is 7.80. The van der Waals surface area contributed by atoms with Crippen molar-refractivity contribution in [2.75, 3.05) is 7.11 Å². The minimum Gasteiger partial charge on any atom is -0.465 e. The van der Waals surface area contributed by atoms with E-state index in [9.17, 15) is 4.79 Å². The van der Waals surface area contributed by atoms with Crippen LogP contribution in [0.2, 0.25) is 0 Å². The van der Waals surface area contributed by atoms with Gasteiger partial charge in [0.05, 0.1) is 12.7 Å². The fraction of sp³-hybridized carbons (Fsp3) is 0.200. The number of methoxy groups -OCH3 is 1. The number of aryl methyl sites for hydroxylation is 1. The van der Waals surface area contributed by atoms with E-state index in [1.807, 2.05) is 6.92 Å². The molecule has 0 amide bonds. The fourth-order valence-corrected chi connectivity index (χ4v) is 1.23.